The van der Waals surface area contributed by atoms with Crippen molar-refractivity contribution in [3.63, 3.8) is 0 Å². The molecule has 2 rings (SSSR count). The van der Waals surface area contributed by atoms with E-state index in [1.54, 1.807) is 11.9 Å². The molecule has 7 nitrogen and oxygen atoms in total. The van der Waals surface area contributed by atoms with E-state index in [1.165, 1.54) is 18.2 Å². The van der Waals surface area contributed by atoms with Crippen molar-refractivity contribution < 1.29 is 14.5 Å². The molecule has 126 valence electrons. The van der Waals surface area contributed by atoms with Crippen LogP contribution in [0.3, 0.4) is 0 Å². The molecule has 0 aliphatic heterocycles. The van der Waals surface area contributed by atoms with Crippen LogP contribution in [0.2, 0.25) is 0 Å². The molecule has 0 saturated carbocycles. The van der Waals surface area contributed by atoms with Crippen molar-refractivity contribution in [3.8, 4) is 5.75 Å². The SMILES string of the molecule is CN(CCOc1ccc(Br)cc1)c1ccc(C(N)=O)cc1[N+](=O)[O-]. The van der Waals surface area contributed by atoms with Gasteiger partial charge in [-0.3, -0.25) is 14.9 Å². The van der Waals surface area contributed by atoms with Gasteiger partial charge < -0.3 is 15.4 Å². The van der Waals surface area contributed by atoms with Gasteiger partial charge in [-0.25, -0.2) is 0 Å². The van der Waals surface area contributed by atoms with Crippen molar-refractivity contribution >= 4 is 33.2 Å². The summed E-state index contributed by atoms with van der Waals surface area (Å²) in [6.07, 6.45) is 0. The quantitative estimate of drug-likeness (QED) is 0.575. The molecule has 0 spiro atoms. The molecule has 1 amide bonds. The number of rotatable bonds is 7. The van der Waals surface area contributed by atoms with E-state index in [0.29, 0.717) is 24.6 Å². The number of carbonyl (C=O) groups is 1. The predicted molar refractivity (Wildman–Crippen MR) is 94.5 cm³/mol. The van der Waals surface area contributed by atoms with Crippen molar-refractivity contribution in [2.75, 3.05) is 25.1 Å². The van der Waals surface area contributed by atoms with Crippen molar-refractivity contribution in [2.45, 2.75) is 0 Å². The third-order valence-corrected chi connectivity index (χ3v) is 3.91. The fourth-order valence-corrected chi connectivity index (χ4v) is 2.36. The summed E-state index contributed by atoms with van der Waals surface area (Å²) in [6, 6.07) is 11.6. The summed E-state index contributed by atoms with van der Waals surface area (Å²) in [5.41, 5.74) is 5.49. The lowest BCUT2D eigenvalue weighted by molar-refractivity contribution is -0.384. The highest BCUT2D eigenvalue weighted by atomic mass is 79.9. The number of nitrogens with two attached hydrogens (primary N) is 1. The van der Waals surface area contributed by atoms with Crippen LogP contribution in [0.5, 0.6) is 5.75 Å². The minimum Gasteiger partial charge on any atom is -0.492 e. The number of ether oxygens (including phenoxy) is 1. The van der Waals surface area contributed by atoms with E-state index >= 15 is 0 Å². The number of anilines is 1. The molecule has 0 radical (unpaired) electrons. The first-order valence-electron chi connectivity index (χ1n) is 7.06. The summed E-state index contributed by atoms with van der Waals surface area (Å²) in [7, 11) is 1.72. The van der Waals surface area contributed by atoms with E-state index in [9.17, 15) is 14.9 Å². The van der Waals surface area contributed by atoms with Crippen LogP contribution in [0.1, 0.15) is 10.4 Å². The van der Waals surface area contributed by atoms with E-state index in [0.717, 1.165) is 4.47 Å². The molecule has 0 aliphatic carbocycles. The van der Waals surface area contributed by atoms with Gasteiger partial charge in [-0.1, -0.05) is 15.9 Å². The van der Waals surface area contributed by atoms with Gasteiger partial charge in [0.1, 0.15) is 18.0 Å². The average Bonchev–Trinajstić information content (AvgIpc) is 2.55. The van der Waals surface area contributed by atoms with Crippen LogP contribution in [-0.4, -0.2) is 31.0 Å². The fourth-order valence-electron chi connectivity index (χ4n) is 2.10. The van der Waals surface area contributed by atoms with E-state index < -0.39 is 10.8 Å². The van der Waals surface area contributed by atoms with E-state index in [2.05, 4.69) is 15.9 Å². The number of nitro benzene ring substituents is 1. The topological polar surface area (TPSA) is 98.7 Å². The molecule has 0 bridgehead atoms. The van der Waals surface area contributed by atoms with E-state index in [1.807, 2.05) is 24.3 Å². The highest BCUT2D eigenvalue weighted by Crippen LogP contribution is 2.28. The second kappa shape index (κ2) is 7.78. The Kier molecular flexibility index (Phi) is 5.75. The molecular weight excluding hydrogens is 378 g/mol. The number of halogens is 1. The molecule has 0 fully saturated rings. The van der Waals surface area contributed by atoms with E-state index in [4.69, 9.17) is 10.5 Å². The highest BCUT2D eigenvalue weighted by Gasteiger charge is 2.19. The zero-order chi connectivity index (χ0) is 17.7. The largest absolute Gasteiger partial charge is 0.492 e. The number of primary amides is 1. The molecule has 0 heterocycles. The lowest BCUT2D eigenvalue weighted by Gasteiger charge is -2.19. The third kappa shape index (κ3) is 4.45. The molecule has 0 unspecified atom stereocenters. The molecule has 0 atom stereocenters. The normalized spacial score (nSPS) is 10.2. The van der Waals surface area contributed by atoms with Gasteiger partial charge in [0.2, 0.25) is 5.91 Å². The standard InChI is InChI=1S/C16H16BrN3O4/c1-19(8-9-24-13-5-3-12(17)4-6-13)14-7-2-11(16(18)21)10-15(14)20(22)23/h2-7,10H,8-9H2,1H3,(H2,18,21). The second-order valence-electron chi connectivity index (χ2n) is 5.05. The van der Waals surface area contributed by atoms with E-state index in [-0.39, 0.29) is 11.3 Å². The number of likely N-dealkylation sites (N-methyl/N-ethyl adjacent to an activating group) is 1. The Morgan fingerprint density at radius 3 is 2.54 bits per heavy atom. The Hall–Kier alpha value is -2.61. The summed E-state index contributed by atoms with van der Waals surface area (Å²) in [5, 5.41) is 11.2. The van der Waals surface area contributed by atoms with Crippen LogP contribution in [0, 0.1) is 10.1 Å². The zero-order valence-corrected chi connectivity index (χ0v) is 14.5. The number of hydrogen-bond acceptors (Lipinski definition) is 5. The molecule has 2 aromatic carbocycles. The summed E-state index contributed by atoms with van der Waals surface area (Å²) < 4.78 is 6.56. The van der Waals surface area contributed by atoms with Crippen molar-refractivity contribution in [1.82, 2.24) is 0 Å². The number of carbonyl (C=O) groups excluding carboxylic acids is 1. The molecule has 24 heavy (non-hydrogen) atoms. The number of nitro groups is 1. The van der Waals surface area contributed by atoms with Crippen molar-refractivity contribution in [2.24, 2.45) is 5.73 Å². The Labute approximate surface area is 147 Å². The molecule has 2 N–H and O–H groups in total. The molecular formula is C16H16BrN3O4. The maximum atomic E-state index is 11.2. The maximum Gasteiger partial charge on any atom is 0.293 e. The van der Waals surface area contributed by atoms with Gasteiger partial charge in [-0.2, -0.15) is 0 Å². The Balaban J connectivity index is 2.05. The van der Waals surface area contributed by atoms with Gasteiger partial charge >= 0.3 is 0 Å². The molecule has 0 aromatic heterocycles. The van der Waals surface area contributed by atoms with Gasteiger partial charge in [0.15, 0.2) is 0 Å². The third-order valence-electron chi connectivity index (χ3n) is 3.38. The highest BCUT2D eigenvalue weighted by molar-refractivity contribution is 9.10. The Bertz CT molecular complexity index is 749. The minimum atomic E-state index is -0.703. The van der Waals surface area contributed by atoms with Crippen molar-refractivity contribution in [1.29, 1.82) is 0 Å². The van der Waals surface area contributed by atoms with Crippen molar-refractivity contribution in [3.05, 3.63) is 62.6 Å². The summed E-state index contributed by atoms with van der Waals surface area (Å²) in [6.45, 7) is 0.791. The Morgan fingerprint density at radius 1 is 1.29 bits per heavy atom. The summed E-state index contributed by atoms with van der Waals surface area (Å²) >= 11 is 3.34. The van der Waals surface area contributed by atoms with Crippen LogP contribution < -0.4 is 15.4 Å². The number of benzene rings is 2. The molecule has 0 aliphatic rings. The fraction of sp³-hybridized carbons (Fsp3) is 0.188. The van der Waals surface area contributed by atoms with Gasteiger partial charge in [0.25, 0.3) is 5.69 Å². The second-order valence-corrected chi connectivity index (χ2v) is 5.96. The van der Waals surface area contributed by atoms with Crippen LogP contribution in [0.4, 0.5) is 11.4 Å². The lowest BCUT2D eigenvalue weighted by Crippen LogP contribution is -2.24. The average molecular weight is 394 g/mol. The van der Waals surface area contributed by atoms with Crippen LogP contribution in [0.25, 0.3) is 0 Å². The maximum absolute atomic E-state index is 11.2. The van der Waals surface area contributed by atoms with Crippen LogP contribution >= 0.6 is 15.9 Å². The van der Waals surface area contributed by atoms with Crippen LogP contribution in [-0.2, 0) is 0 Å². The first-order valence-corrected chi connectivity index (χ1v) is 7.85. The van der Waals surface area contributed by atoms with Gasteiger partial charge in [-0.15, -0.1) is 0 Å². The molecule has 8 heteroatoms. The lowest BCUT2D eigenvalue weighted by atomic mass is 10.1. The number of hydrogen-bond donors (Lipinski definition) is 1. The molecule has 2 aromatic rings. The Morgan fingerprint density at radius 2 is 1.96 bits per heavy atom. The monoisotopic (exact) mass is 393 g/mol. The van der Waals surface area contributed by atoms with Gasteiger partial charge in [0, 0.05) is 23.2 Å². The summed E-state index contributed by atoms with van der Waals surface area (Å²) in [5.74, 6) is 0.0102. The predicted octanol–water partition coefficient (Wildman–Crippen LogP) is 2.97. The van der Waals surface area contributed by atoms with Gasteiger partial charge in [0.05, 0.1) is 11.5 Å². The number of nitrogens with zero attached hydrogens (tertiary/aromatic N) is 2. The first kappa shape index (κ1) is 17.7. The van der Waals surface area contributed by atoms with Gasteiger partial charge in [-0.05, 0) is 36.4 Å². The van der Waals surface area contributed by atoms with Crippen LogP contribution in [0.15, 0.2) is 46.9 Å². The summed E-state index contributed by atoms with van der Waals surface area (Å²) in [4.78, 5) is 23.6. The first-order chi connectivity index (χ1) is 11.4. The minimum absolute atomic E-state index is 0.102. The number of amides is 1. The molecule has 0 saturated heterocycles. The smallest absolute Gasteiger partial charge is 0.293 e. The zero-order valence-electron chi connectivity index (χ0n) is 12.9.